The van der Waals surface area contributed by atoms with Gasteiger partial charge in [0.15, 0.2) is 0 Å². The summed E-state index contributed by atoms with van der Waals surface area (Å²) < 4.78 is 0. The third-order valence-electron chi connectivity index (χ3n) is 2.99. The minimum Gasteiger partial charge on any atom is -0.0999 e. The van der Waals surface area contributed by atoms with Crippen LogP contribution in [0.15, 0.2) is 42.5 Å². The van der Waals surface area contributed by atoms with E-state index >= 15 is 0 Å². The van der Waals surface area contributed by atoms with E-state index < -0.39 is 0 Å². The third-order valence-corrected chi connectivity index (χ3v) is 2.99. The molecule has 0 unspecified atom stereocenters. The van der Waals surface area contributed by atoms with Gasteiger partial charge in [-0.05, 0) is 31.2 Å². The zero-order chi connectivity index (χ0) is 11.6. The Bertz CT molecular complexity index is 284. The normalized spacial score (nSPS) is 10.3. The van der Waals surface area contributed by atoms with Gasteiger partial charge in [-0.1, -0.05) is 68.7 Å². The summed E-state index contributed by atoms with van der Waals surface area (Å²) in [5.74, 6) is 0. The average Bonchev–Trinajstić information content (AvgIpc) is 2.33. The van der Waals surface area contributed by atoms with Crippen LogP contribution in [0.2, 0.25) is 0 Å². The molecule has 0 atom stereocenters. The maximum atomic E-state index is 4.17. The van der Waals surface area contributed by atoms with Crippen LogP contribution in [0.4, 0.5) is 0 Å². The van der Waals surface area contributed by atoms with E-state index in [1.54, 1.807) is 0 Å². The van der Waals surface area contributed by atoms with E-state index in [0.717, 1.165) is 12.8 Å². The molecule has 0 aromatic heterocycles. The number of rotatable bonds is 8. The second-order valence-electron chi connectivity index (χ2n) is 4.55. The van der Waals surface area contributed by atoms with Crippen LogP contribution >= 0.6 is 0 Å². The first-order chi connectivity index (χ1) is 7.83. The Kier molecular flexibility index (Phi) is 6.64. The average molecular weight is 216 g/mol. The maximum absolute atomic E-state index is 4.17. The van der Waals surface area contributed by atoms with Crippen molar-refractivity contribution in [3.8, 4) is 0 Å². The summed E-state index contributed by atoms with van der Waals surface area (Å²) in [6, 6.07) is 10.7. The van der Waals surface area contributed by atoms with Crippen molar-refractivity contribution >= 4 is 0 Å². The molecule has 0 aliphatic carbocycles. The topological polar surface area (TPSA) is 0 Å². The van der Waals surface area contributed by atoms with E-state index in [1.165, 1.54) is 43.2 Å². The SMILES string of the molecule is C=C(CCCCCC)CCc1ccccc1. The van der Waals surface area contributed by atoms with Crippen LogP contribution in [-0.2, 0) is 6.42 Å². The molecule has 1 aromatic rings. The monoisotopic (exact) mass is 216 g/mol. The molecule has 0 N–H and O–H groups in total. The molecule has 1 rings (SSSR count). The number of hydrogen-bond acceptors (Lipinski definition) is 0. The lowest BCUT2D eigenvalue weighted by Crippen LogP contribution is -1.89. The minimum absolute atomic E-state index is 1.15. The second kappa shape index (κ2) is 8.15. The van der Waals surface area contributed by atoms with E-state index in [1.807, 2.05) is 0 Å². The van der Waals surface area contributed by atoms with Gasteiger partial charge < -0.3 is 0 Å². The van der Waals surface area contributed by atoms with Crippen molar-refractivity contribution in [3.63, 3.8) is 0 Å². The first-order valence-corrected chi connectivity index (χ1v) is 6.53. The summed E-state index contributed by atoms with van der Waals surface area (Å²) in [5, 5.41) is 0. The van der Waals surface area contributed by atoms with Crippen LogP contribution in [0.1, 0.15) is 51.0 Å². The second-order valence-corrected chi connectivity index (χ2v) is 4.55. The molecule has 88 valence electrons. The summed E-state index contributed by atoms with van der Waals surface area (Å²) in [4.78, 5) is 0. The molecular formula is C16H24. The van der Waals surface area contributed by atoms with Crippen LogP contribution in [0.25, 0.3) is 0 Å². The van der Waals surface area contributed by atoms with Gasteiger partial charge in [-0.3, -0.25) is 0 Å². The highest BCUT2D eigenvalue weighted by Crippen LogP contribution is 2.14. The predicted octanol–water partition coefficient (Wildman–Crippen LogP) is 5.15. The molecule has 0 heterocycles. The van der Waals surface area contributed by atoms with Crippen molar-refractivity contribution in [1.82, 2.24) is 0 Å². The molecular weight excluding hydrogens is 192 g/mol. The Morgan fingerprint density at radius 2 is 1.75 bits per heavy atom. The lowest BCUT2D eigenvalue weighted by atomic mass is 10.0. The smallest absolute Gasteiger partial charge is 0.0242 e. The third kappa shape index (κ3) is 5.75. The number of aryl methyl sites for hydroxylation is 1. The standard InChI is InChI=1S/C16H24/c1-3-4-5-7-10-15(2)13-14-16-11-8-6-9-12-16/h6,8-9,11-12H,2-5,7,10,13-14H2,1H3. The van der Waals surface area contributed by atoms with E-state index in [2.05, 4.69) is 43.8 Å². The fourth-order valence-electron chi connectivity index (χ4n) is 1.89. The molecule has 1 aromatic carbocycles. The zero-order valence-electron chi connectivity index (χ0n) is 10.5. The molecule has 16 heavy (non-hydrogen) atoms. The Morgan fingerprint density at radius 3 is 2.44 bits per heavy atom. The molecule has 0 spiro atoms. The number of hydrogen-bond donors (Lipinski definition) is 0. The molecule has 0 saturated carbocycles. The van der Waals surface area contributed by atoms with Crippen molar-refractivity contribution in [2.24, 2.45) is 0 Å². The largest absolute Gasteiger partial charge is 0.0999 e. The van der Waals surface area contributed by atoms with Crippen LogP contribution in [0, 0.1) is 0 Å². The summed E-state index contributed by atoms with van der Waals surface area (Å²) in [7, 11) is 0. The van der Waals surface area contributed by atoms with Gasteiger partial charge in [0.25, 0.3) is 0 Å². The van der Waals surface area contributed by atoms with Gasteiger partial charge in [-0.25, -0.2) is 0 Å². The molecule has 0 nitrogen and oxygen atoms in total. The van der Waals surface area contributed by atoms with E-state index in [-0.39, 0.29) is 0 Å². The lowest BCUT2D eigenvalue weighted by Gasteiger charge is -2.05. The van der Waals surface area contributed by atoms with Gasteiger partial charge >= 0.3 is 0 Å². The molecule has 0 radical (unpaired) electrons. The predicted molar refractivity (Wildman–Crippen MR) is 72.7 cm³/mol. The molecule has 0 saturated heterocycles. The van der Waals surface area contributed by atoms with Crippen LogP contribution < -0.4 is 0 Å². The van der Waals surface area contributed by atoms with Gasteiger partial charge in [0.2, 0.25) is 0 Å². The number of unbranched alkanes of at least 4 members (excludes halogenated alkanes) is 3. The van der Waals surface area contributed by atoms with Crippen LogP contribution in [0.5, 0.6) is 0 Å². The lowest BCUT2D eigenvalue weighted by molar-refractivity contribution is 0.654. The van der Waals surface area contributed by atoms with Crippen molar-refractivity contribution in [2.45, 2.75) is 51.9 Å². The van der Waals surface area contributed by atoms with Gasteiger partial charge in [0.1, 0.15) is 0 Å². The Morgan fingerprint density at radius 1 is 1.00 bits per heavy atom. The van der Waals surface area contributed by atoms with Gasteiger partial charge in [-0.2, -0.15) is 0 Å². The fraction of sp³-hybridized carbons (Fsp3) is 0.500. The molecule has 0 heteroatoms. The van der Waals surface area contributed by atoms with Crippen molar-refractivity contribution in [1.29, 1.82) is 0 Å². The molecule has 0 amide bonds. The number of benzene rings is 1. The zero-order valence-corrected chi connectivity index (χ0v) is 10.5. The number of allylic oxidation sites excluding steroid dienone is 1. The van der Waals surface area contributed by atoms with Crippen molar-refractivity contribution < 1.29 is 0 Å². The van der Waals surface area contributed by atoms with Crippen molar-refractivity contribution in [2.75, 3.05) is 0 Å². The Balaban J connectivity index is 2.11. The highest BCUT2D eigenvalue weighted by Gasteiger charge is 1.97. The summed E-state index contributed by atoms with van der Waals surface area (Å²) in [5.41, 5.74) is 2.84. The fourth-order valence-corrected chi connectivity index (χ4v) is 1.89. The van der Waals surface area contributed by atoms with Crippen molar-refractivity contribution in [3.05, 3.63) is 48.0 Å². The quantitative estimate of drug-likeness (QED) is 0.416. The first-order valence-electron chi connectivity index (χ1n) is 6.53. The summed E-state index contributed by atoms with van der Waals surface area (Å²) in [6.45, 7) is 6.42. The molecule has 0 bridgehead atoms. The highest BCUT2D eigenvalue weighted by molar-refractivity contribution is 5.16. The van der Waals surface area contributed by atoms with Gasteiger partial charge in [0, 0.05) is 0 Å². The Labute approximate surface area is 100 Å². The molecule has 0 aliphatic rings. The minimum atomic E-state index is 1.15. The van der Waals surface area contributed by atoms with Crippen LogP contribution in [-0.4, -0.2) is 0 Å². The van der Waals surface area contributed by atoms with E-state index in [9.17, 15) is 0 Å². The molecule has 0 aliphatic heterocycles. The van der Waals surface area contributed by atoms with E-state index in [0.29, 0.717) is 0 Å². The van der Waals surface area contributed by atoms with Gasteiger partial charge in [0.05, 0.1) is 0 Å². The Hall–Kier alpha value is -1.04. The molecule has 0 fully saturated rings. The maximum Gasteiger partial charge on any atom is -0.0242 e. The first kappa shape index (κ1) is 13.0. The van der Waals surface area contributed by atoms with E-state index in [4.69, 9.17) is 0 Å². The summed E-state index contributed by atoms with van der Waals surface area (Å²) in [6.07, 6.45) is 8.88. The summed E-state index contributed by atoms with van der Waals surface area (Å²) >= 11 is 0. The van der Waals surface area contributed by atoms with Gasteiger partial charge in [-0.15, -0.1) is 0 Å². The van der Waals surface area contributed by atoms with Crippen LogP contribution in [0.3, 0.4) is 0 Å². The highest BCUT2D eigenvalue weighted by atomic mass is 14.0.